The summed E-state index contributed by atoms with van der Waals surface area (Å²) in [6.45, 7) is 1.17. The number of nitrogens with one attached hydrogen (secondary N) is 2. The van der Waals surface area contributed by atoms with Crippen molar-refractivity contribution in [2.45, 2.75) is 43.9 Å². The Morgan fingerprint density at radius 3 is 2.50 bits per heavy atom. The second-order valence-corrected chi connectivity index (χ2v) is 6.45. The number of carboxylic acids is 1. The molecular formula is C10H18N2O5S. The summed E-state index contributed by atoms with van der Waals surface area (Å²) in [6, 6.07) is 0.293. The van der Waals surface area contributed by atoms with Crippen molar-refractivity contribution in [1.29, 1.82) is 0 Å². The molecular weight excluding hydrogens is 260 g/mol. The first-order valence-electron chi connectivity index (χ1n) is 5.83. The Bertz CT molecular complexity index is 416. The summed E-state index contributed by atoms with van der Waals surface area (Å²) in [6.07, 6.45) is 2.60. The van der Waals surface area contributed by atoms with Gasteiger partial charge in [0.1, 0.15) is 0 Å². The lowest BCUT2D eigenvalue weighted by Crippen LogP contribution is -2.38. The molecule has 18 heavy (non-hydrogen) atoms. The Kier molecular flexibility index (Phi) is 5.09. The lowest BCUT2D eigenvalue weighted by molar-refractivity contribution is -0.136. The minimum atomic E-state index is -3.85. The fraction of sp³-hybridized carbons (Fsp3) is 0.800. The molecule has 0 heterocycles. The summed E-state index contributed by atoms with van der Waals surface area (Å²) in [4.78, 5) is 21.8. The molecule has 0 saturated heterocycles. The van der Waals surface area contributed by atoms with Crippen LogP contribution in [0.1, 0.15) is 32.6 Å². The van der Waals surface area contributed by atoms with Crippen LogP contribution >= 0.6 is 0 Å². The van der Waals surface area contributed by atoms with Crippen LogP contribution in [-0.4, -0.2) is 43.2 Å². The molecule has 1 atom stereocenters. The summed E-state index contributed by atoms with van der Waals surface area (Å²) >= 11 is 0. The van der Waals surface area contributed by atoms with Gasteiger partial charge in [0, 0.05) is 19.0 Å². The Balaban J connectivity index is 2.20. The van der Waals surface area contributed by atoms with Crippen LogP contribution < -0.4 is 10.0 Å². The minimum Gasteiger partial charge on any atom is -0.480 e. The molecule has 1 saturated carbocycles. The highest BCUT2D eigenvalue weighted by Crippen LogP contribution is 2.18. The van der Waals surface area contributed by atoms with Crippen molar-refractivity contribution in [2.75, 3.05) is 6.54 Å². The SMILES string of the molecule is CC(C(=O)O)S(=O)(=O)NCCCC(=O)NC1CC1. The second kappa shape index (κ2) is 6.14. The van der Waals surface area contributed by atoms with E-state index in [1.165, 1.54) is 0 Å². The minimum absolute atomic E-state index is 0.0675. The Hall–Kier alpha value is -1.15. The van der Waals surface area contributed by atoms with Crippen molar-refractivity contribution in [2.24, 2.45) is 0 Å². The highest BCUT2D eigenvalue weighted by molar-refractivity contribution is 7.90. The van der Waals surface area contributed by atoms with E-state index in [4.69, 9.17) is 5.11 Å². The third-order valence-corrected chi connectivity index (χ3v) is 4.38. The predicted molar refractivity (Wildman–Crippen MR) is 64.4 cm³/mol. The molecule has 0 aromatic heterocycles. The van der Waals surface area contributed by atoms with Gasteiger partial charge in [0.2, 0.25) is 15.9 Å². The van der Waals surface area contributed by atoms with E-state index in [1.807, 2.05) is 0 Å². The average molecular weight is 278 g/mol. The van der Waals surface area contributed by atoms with Crippen molar-refractivity contribution in [3.63, 3.8) is 0 Å². The van der Waals surface area contributed by atoms with Gasteiger partial charge in [-0.1, -0.05) is 0 Å². The van der Waals surface area contributed by atoms with Crippen molar-refractivity contribution < 1.29 is 23.1 Å². The zero-order valence-electron chi connectivity index (χ0n) is 10.2. The molecule has 0 radical (unpaired) electrons. The van der Waals surface area contributed by atoms with Gasteiger partial charge in [0.15, 0.2) is 5.25 Å². The van der Waals surface area contributed by atoms with Gasteiger partial charge in [-0.2, -0.15) is 0 Å². The average Bonchev–Trinajstić information content (AvgIpc) is 3.07. The molecule has 104 valence electrons. The van der Waals surface area contributed by atoms with Crippen molar-refractivity contribution in [1.82, 2.24) is 10.0 Å². The molecule has 0 aromatic carbocycles. The topological polar surface area (TPSA) is 113 Å². The van der Waals surface area contributed by atoms with Crippen LogP contribution in [-0.2, 0) is 19.6 Å². The molecule has 0 aromatic rings. The third-order valence-electron chi connectivity index (χ3n) is 2.64. The number of carbonyl (C=O) groups is 2. The first-order chi connectivity index (χ1) is 8.33. The fourth-order valence-electron chi connectivity index (χ4n) is 1.25. The fourth-order valence-corrected chi connectivity index (χ4v) is 2.19. The molecule has 1 aliphatic carbocycles. The zero-order chi connectivity index (χ0) is 13.8. The molecule has 1 fully saturated rings. The quantitative estimate of drug-likeness (QED) is 0.515. The summed E-state index contributed by atoms with van der Waals surface area (Å²) in [5.41, 5.74) is 0. The molecule has 8 heteroatoms. The number of amides is 1. The van der Waals surface area contributed by atoms with Crippen molar-refractivity contribution in [3.8, 4) is 0 Å². The van der Waals surface area contributed by atoms with E-state index in [2.05, 4.69) is 10.0 Å². The van der Waals surface area contributed by atoms with Crippen LogP contribution in [0.4, 0.5) is 0 Å². The maximum Gasteiger partial charge on any atom is 0.323 e. The number of carbonyl (C=O) groups excluding carboxylic acids is 1. The summed E-state index contributed by atoms with van der Waals surface area (Å²) < 4.78 is 25.0. The number of rotatable bonds is 8. The lowest BCUT2D eigenvalue weighted by atomic mass is 10.3. The van der Waals surface area contributed by atoms with E-state index in [0.717, 1.165) is 19.8 Å². The van der Waals surface area contributed by atoms with Crippen LogP contribution in [0.25, 0.3) is 0 Å². The normalized spacial score (nSPS) is 17.2. The highest BCUT2D eigenvalue weighted by Gasteiger charge is 2.27. The van der Waals surface area contributed by atoms with E-state index >= 15 is 0 Å². The van der Waals surface area contributed by atoms with Gasteiger partial charge in [-0.25, -0.2) is 13.1 Å². The molecule has 0 bridgehead atoms. The second-order valence-electron chi connectivity index (χ2n) is 4.37. The molecule has 1 aliphatic rings. The van der Waals surface area contributed by atoms with Gasteiger partial charge >= 0.3 is 5.97 Å². The number of aliphatic carboxylic acids is 1. The van der Waals surface area contributed by atoms with Gasteiger partial charge in [-0.15, -0.1) is 0 Å². The van der Waals surface area contributed by atoms with Gasteiger partial charge in [0.05, 0.1) is 0 Å². The smallest absolute Gasteiger partial charge is 0.323 e. The van der Waals surface area contributed by atoms with Crippen molar-refractivity contribution >= 4 is 21.9 Å². The molecule has 1 rings (SSSR count). The van der Waals surface area contributed by atoms with Gasteiger partial charge in [0.25, 0.3) is 0 Å². The Labute approximate surface area is 106 Å². The first kappa shape index (κ1) is 14.9. The van der Waals surface area contributed by atoms with Crippen LogP contribution in [0.2, 0.25) is 0 Å². The van der Waals surface area contributed by atoms with Gasteiger partial charge in [-0.3, -0.25) is 9.59 Å². The van der Waals surface area contributed by atoms with E-state index in [9.17, 15) is 18.0 Å². The third kappa shape index (κ3) is 5.01. The Morgan fingerprint density at radius 1 is 1.39 bits per heavy atom. The van der Waals surface area contributed by atoms with Crippen LogP contribution in [0.15, 0.2) is 0 Å². The number of hydrogen-bond acceptors (Lipinski definition) is 4. The number of carboxylic acid groups (broad SMARTS) is 1. The summed E-state index contributed by atoms with van der Waals surface area (Å²) in [5, 5.41) is 9.88. The zero-order valence-corrected chi connectivity index (χ0v) is 11.0. The van der Waals surface area contributed by atoms with Crippen LogP contribution in [0.3, 0.4) is 0 Å². The van der Waals surface area contributed by atoms with E-state index in [1.54, 1.807) is 0 Å². The molecule has 0 spiro atoms. The summed E-state index contributed by atoms with van der Waals surface area (Å²) in [7, 11) is -3.85. The van der Waals surface area contributed by atoms with Crippen LogP contribution in [0, 0.1) is 0 Å². The van der Waals surface area contributed by atoms with Crippen LogP contribution in [0.5, 0.6) is 0 Å². The van der Waals surface area contributed by atoms with E-state index in [-0.39, 0.29) is 18.9 Å². The molecule has 1 amide bonds. The maximum absolute atomic E-state index is 11.4. The Morgan fingerprint density at radius 2 is 2.00 bits per heavy atom. The monoisotopic (exact) mass is 278 g/mol. The maximum atomic E-state index is 11.4. The van der Waals surface area contributed by atoms with Gasteiger partial charge in [-0.05, 0) is 26.2 Å². The molecule has 0 aliphatic heterocycles. The van der Waals surface area contributed by atoms with E-state index < -0.39 is 21.2 Å². The number of hydrogen-bond donors (Lipinski definition) is 3. The van der Waals surface area contributed by atoms with Crippen molar-refractivity contribution in [3.05, 3.63) is 0 Å². The molecule has 7 nitrogen and oxygen atoms in total. The predicted octanol–water partition coefficient (Wildman–Crippen LogP) is -0.562. The molecule has 3 N–H and O–H groups in total. The standard InChI is InChI=1S/C10H18N2O5S/c1-7(10(14)15)18(16,17)11-6-2-3-9(13)12-8-4-5-8/h7-8,11H,2-6H2,1H3,(H,12,13)(H,14,15). The lowest BCUT2D eigenvalue weighted by Gasteiger charge is -2.09. The van der Waals surface area contributed by atoms with E-state index in [0.29, 0.717) is 12.5 Å². The number of sulfonamides is 1. The largest absolute Gasteiger partial charge is 0.480 e. The van der Waals surface area contributed by atoms with Gasteiger partial charge < -0.3 is 10.4 Å². The summed E-state index contributed by atoms with van der Waals surface area (Å²) in [5.74, 6) is -1.49. The first-order valence-corrected chi connectivity index (χ1v) is 7.38. The highest BCUT2D eigenvalue weighted by atomic mass is 32.2. The molecule has 1 unspecified atom stereocenters.